The topological polar surface area (TPSA) is 23.5 Å². The lowest BCUT2D eigenvalue weighted by molar-refractivity contribution is -0.0321. The number of hydrogen-bond acceptors (Lipinski definition) is 2. The van der Waals surface area contributed by atoms with E-state index < -0.39 is 5.60 Å². The van der Waals surface area contributed by atoms with E-state index in [1.807, 2.05) is 6.92 Å². The highest BCUT2D eigenvalue weighted by Gasteiger charge is 2.33. The molecule has 0 aromatic heterocycles. The van der Waals surface area contributed by atoms with Gasteiger partial charge in [-0.15, -0.1) is 0 Å². The number of piperidine rings is 1. The van der Waals surface area contributed by atoms with Gasteiger partial charge in [-0.25, -0.2) is 0 Å². The van der Waals surface area contributed by atoms with Crippen molar-refractivity contribution in [2.24, 2.45) is 11.3 Å². The van der Waals surface area contributed by atoms with Crippen molar-refractivity contribution in [1.29, 1.82) is 0 Å². The second-order valence-corrected chi connectivity index (χ2v) is 6.45. The summed E-state index contributed by atoms with van der Waals surface area (Å²) in [5.74, 6) is 0.326. The van der Waals surface area contributed by atoms with Gasteiger partial charge in [-0.2, -0.15) is 0 Å². The molecule has 1 heterocycles. The minimum absolute atomic E-state index is 0.326. The molecule has 0 aromatic rings. The highest BCUT2D eigenvalue weighted by molar-refractivity contribution is 4.86. The lowest BCUT2D eigenvalue weighted by atomic mass is 9.78. The highest BCUT2D eigenvalue weighted by Crippen LogP contribution is 2.34. The predicted molar refractivity (Wildman–Crippen MR) is 69.5 cm³/mol. The van der Waals surface area contributed by atoms with Crippen LogP contribution in [-0.2, 0) is 0 Å². The van der Waals surface area contributed by atoms with E-state index in [4.69, 9.17) is 0 Å². The van der Waals surface area contributed by atoms with E-state index in [9.17, 15) is 5.11 Å². The van der Waals surface area contributed by atoms with Gasteiger partial charge in [0.15, 0.2) is 0 Å². The van der Waals surface area contributed by atoms with Crippen molar-refractivity contribution in [3.8, 4) is 0 Å². The molecule has 0 aliphatic carbocycles. The van der Waals surface area contributed by atoms with Crippen LogP contribution < -0.4 is 0 Å². The van der Waals surface area contributed by atoms with E-state index in [0.717, 1.165) is 19.6 Å². The van der Waals surface area contributed by atoms with Gasteiger partial charge < -0.3 is 10.0 Å². The van der Waals surface area contributed by atoms with E-state index >= 15 is 0 Å². The van der Waals surface area contributed by atoms with Crippen LogP contribution in [0.4, 0.5) is 0 Å². The molecule has 1 rings (SSSR count). The maximum absolute atomic E-state index is 10.3. The predicted octanol–water partition coefficient (Wildman–Crippen LogP) is 2.91. The van der Waals surface area contributed by atoms with E-state index in [-0.39, 0.29) is 0 Å². The highest BCUT2D eigenvalue weighted by atomic mass is 16.3. The Bertz CT molecular complexity index is 215. The molecule has 1 atom stereocenters. The van der Waals surface area contributed by atoms with Crippen molar-refractivity contribution in [2.75, 3.05) is 19.6 Å². The summed E-state index contributed by atoms with van der Waals surface area (Å²) in [6, 6.07) is 0. The molecule has 2 nitrogen and oxygen atoms in total. The fraction of sp³-hybridized carbons (Fsp3) is 1.00. The van der Waals surface area contributed by atoms with Crippen LogP contribution in [0.25, 0.3) is 0 Å². The van der Waals surface area contributed by atoms with Crippen molar-refractivity contribution < 1.29 is 5.11 Å². The van der Waals surface area contributed by atoms with Crippen LogP contribution in [0.2, 0.25) is 0 Å². The zero-order valence-corrected chi connectivity index (χ0v) is 11.7. The molecule has 96 valence electrons. The first-order valence-corrected chi connectivity index (χ1v) is 6.74. The molecule has 0 bridgehead atoms. The maximum atomic E-state index is 10.3. The van der Waals surface area contributed by atoms with E-state index in [1.165, 1.54) is 19.3 Å². The summed E-state index contributed by atoms with van der Waals surface area (Å²) < 4.78 is 0. The Hall–Kier alpha value is -0.0800. The van der Waals surface area contributed by atoms with Crippen LogP contribution in [0.1, 0.15) is 53.9 Å². The third-order valence-corrected chi connectivity index (χ3v) is 4.70. The molecule has 16 heavy (non-hydrogen) atoms. The molecular formula is C14H29NO. The van der Waals surface area contributed by atoms with Crippen LogP contribution in [0, 0.1) is 11.3 Å². The van der Waals surface area contributed by atoms with Crippen molar-refractivity contribution in [2.45, 2.75) is 59.5 Å². The first-order valence-electron chi connectivity index (χ1n) is 6.74. The SMILES string of the molecule is CCC1(C)CCN(CC(C)(O)C(C)C)CC1. The van der Waals surface area contributed by atoms with Gasteiger partial charge in [-0.1, -0.05) is 34.1 Å². The first kappa shape index (κ1) is 14.0. The third-order valence-electron chi connectivity index (χ3n) is 4.70. The lowest BCUT2D eigenvalue weighted by Gasteiger charge is -2.42. The normalized spacial score (nSPS) is 25.7. The summed E-state index contributed by atoms with van der Waals surface area (Å²) >= 11 is 0. The number of nitrogens with zero attached hydrogens (tertiary/aromatic N) is 1. The minimum Gasteiger partial charge on any atom is -0.389 e. The average molecular weight is 227 g/mol. The van der Waals surface area contributed by atoms with Crippen LogP contribution in [0.3, 0.4) is 0 Å². The van der Waals surface area contributed by atoms with Gasteiger partial charge >= 0.3 is 0 Å². The van der Waals surface area contributed by atoms with Gasteiger partial charge in [0.25, 0.3) is 0 Å². The molecule has 1 aliphatic heterocycles. The van der Waals surface area contributed by atoms with Gasteiger partial charge in [0.2, 0.25) is 0 Å². The Labute approximate surface area is 101 Å². The quantitative estimate of drug-likeness (QED) is 0.798. The zero-order valence-electron chi connectivity index (χ0n) is 11.7. The molecule has 2 heteroatoms. The molecule has 1 saturated heterocycles. The summed E-state index contributed by atoms with van der Waals surface area (Å²) in [6.07, 6.45) is 3.83. The van der Waals surface area contributed by atoms with E-state index in [0.29, 0.717) is 11.3 Å². The summed E-state index contributed by atoms with van der Waals surface area (Å²) in [5.41, 5.74) is 0.000143. The average Bonchev–Trinajstić information content (AvgIpc) is 2.21. The number of β-amino-alcohol motifs (C(OH)–C–C–N with tert-alkyl or cyclic N) is 1. The summed E-state index contributed by atoms with van der Waals surface area (Å²) in [5, 5.41) is 10.3. The van der Waals surface area contributed by atoms with Crippen LogP contribution in [0.15, 0.2) is 0 Å². The molecular weight excluding hydrogens is 198 g/mol. The number of rotatable bonds is 4. The van der Waals surface area contributed by atoms with Crippen molar-refractivity contribution in [3.63, 3.8) is 0 Å². The number of likely N-dealkylation sites (tertiary alicyclic amines) is 1. The molecule has 1 N–H and O–H groups in total. The molecule has 1 unspecified atom stereocenters. The second-order valence-electron chi connectivity index (χ2n) is 6.45. The molecule has 0 amide bonds. The van der Waals surface area contributed by atoms with Crippen LogP contribution in [-0.4, -0.2) is 35.2 Å². The monoisotopic (exact) mass is 227 g/mol. The Morgan fingerprint density at radius 1 is 1.31 bits per heavy atom. The fourth-order valence-electron chi connectivity index (χ4n) is 2.24. The molecule has 0 radical (unpaired) electrons. The van der Waals surface area contributed by atoms with Gasteiger partial charge in [0, 0.05) is 6.54 Å². The maximum Gasteiger partial charge on any atom is 0.0768 e. The first-order chi connectivity index (χ1) is 7.29. The van der Waals surface area contributed by atoms with Gasteiger partial charge in [0.05, 0.1) is 5.60 Å². The van der Waals surface area contributed by atoms with E-state index in [2.05, 4.69) is 32.6 Å². The fourth-order valence-corrected chi connectivity index (χ4v) is 2.24. The van der Waals surface area contributed by atoms with E-state index in [1.54, 1.807) is 0 Å². The smallest absolute Gasteiger partial charge is 0.0768 e. The van der Waals surface area contributed by atoms with Gasteiger partial charge in [-0.05, 0) is 44.2 Å². The zero-order chi connectivity index (χ0) is 12.4. The third kappa shape index (κ3) is 3.46. The van der Waals surface area contributed by atoms with Crippen LogP contribution in [0.5, 0.6) is 0 Å². The summed E-state index contributed by atoms with van der Waals surface area (Å²) in [7, 11) is 0. The molecule has 1 fully saturated rings. The molecule has 0 aromatic carbocycles. The molecule has 0 spiro atoms. The number of aliphatic hydroxyl groups is 1. The van der Waals surface area contributed by atoms with Gasteiger partial charge in [0.1, 0.15) is 0 Å². The Morgan fingerprint density at radius 2 is 1.81 bits per heavy atom. The van der Waals surface area contributed by atoms with Gasteiger partial charge in [-0.3, -0.25) is 0 Å². The molecule has 1 aliphatic rings. The minimum atomic E-state index is -0.542. The van der Waals surface area contributed by atoms with Crippen molar-refractivity contribution in [3.05, 3.63) is 0 Å². The van der Waals surface area contributed by atoms with Crippen molar-refractivity contribution >= 4 is 0 Å². The Morgan fingerprint density at radius 3 is 2.19 bits per heavy atom. The Kier molecular flexibility index (Phi) is 4.42. The summed E-state index contributed by atoms with van der Waals surface area (Å²) in [4.78, 5) is 2.43. The Balaban J connectivity index is 2.43. The number of hydrogen-bond donors (Lipinski definition) is 1. The summed E-state index contributed by atoms with van der Waals surface area (Å²) in [6.45, 7) is 14.0. The van der Waals surface area contributed by atoms with Crippen LogP contribution >= 0.6 is 0 Å². The molecule has 0 saturated carbocycles. The largest absolute Gasteiger partial charge is 0.389 e. The lowest BCUT2D eigenvalue weighted by Crippen LogP contribution is -2.48. The second kappa shape index (κ2) is 5.05. The van der Waals surface area contributed by atoms with Crippen molar-refractivity contribution in [1.82, 2.24) is 4.90 Å². The standard InChI is InChI=1S/C14H29NO/c1-6-13(4)7-9-15(10-8-13)11-14(5,16)12(2)3/h12,16H,6-11H2,1-5H3.